The average Bonchev–Trinajstić information content (AvgIpc) is 3.19. The Morgan fingerprint density at radius 2 is 1.76 bits per heavy atom. The number of aromatic nitrogens is 2. The molecule has 10 heteroatoms. The highest BCUT2D eigenvalue weighted by Crippen LogP contribution is 2.27. The molecule has 0 atom stereocenters. The number of hydrogen-bond acceptors (Lipinski definition) is 8. The quantitative estimate of drug-likeness (QED) is 0.593. The highest BCUT2D eigenvalue weighted by atomic mass is 32.2. The van der Waals surface area contributed by atoms with Crippen LogP contribution < -0.4 is 14.8 Å². The third-order valence-electron chi connectivity index (χ3n) is 4.02. The molecule has 29 heavy (non-hydrogen) atoms. The number of ether oxygens (including phenoxy) is 2. The second kappa shape index (κ2) is 8.74. The molecule has 1 N–H and O–H groups in total. The fourth-order valence-corrected chi connectivity index (χ4v) is 3.77. The number of amides is 1. The van der Waals surface area contributed by atoms with Gasteiger partial charge in [-0.05, 0) is 30.3 Å². The Kier molecular flexibility index (Phi) is 6.13. The predicted octanol–water partition coefficient (Wildman–Crippen LogP) is 2.36. The van der Waals surface area contributed by atoms with Crippen molar-refractivity contribution in [2.24, 2.45) is 0 Å². The van der Waals surface area contributed by atoms with Crippen LogP contribution in [0.5, 0.6) is 11.5 Å². The van der Waals surface area contributed by atoms with Gasteiger partial charge in [0.25, 0.3) is 5.91 Å². The predicted molar refractivity (Wildman–Crippen MR) is 104 cm³/mol. The summed E-state index contributed by atoms with van der Waals surface area (Å²) in [4.78, 5) is 12.6. The van der Waals surface area contributed by atoms with Crippen molar-refractivity contribution < 1.29 is 27.1 Å². The van der Waals surface area contributed by atoms with E-state index in [4.69, 9.17) is 13.9 Å². The zero-order valence-corrected chi connectivity index (χ0v) is 16.6. The van der Waals surface area contributed by atoms with Crippen LogP contribution in [-0.2, 0) is 16.3 Å². The largest absolute Gasteiger partial charge is 0.493 e. The van der Waals surface area contributed by atoms with E-state index in [1.807, 2.05) is 0 Å². The summed E-state index contributed by atoms with van der Waals surface area (Å²) in [7, 11) is -0.509. The molecule has 1 amide bonds. The number of anilines is 1. The first-order valence-corrected chi connectivity index (χ1v) is 10.2. The van der Waals surface area contributed by atoms with Crippen LogP contribution in [0, 0.1) is 0 Å². The fraction of sp³-hybridized carbons (Fsp3) is 0.211. The molecule has 152 valence electrons. The van der Waals surface area contributed by atoms with Gasteiger partial charge in [0, 0.05) is 12.0 Å². The van der Waals surface area contributed by atoms with Gasteiger partial charge < -0.3 is 13.9 Å². The summed E-state index contributed by atoms with van der Waals surface area (Å²) >= 11 is 0. The lowest BCUT2D eigenvalue weighted by Crippen LogP contribution is -2.12. The lowest BCUT2D eigenvalue weighted by Gasteiger charge is -2.08. The maximum atomic E-state index is 12.4. The molecule has 3 aromatic rings. The second-order valence-electron chi connectivity index (χ2n) is 5.91. The third kappa shape index (κ3) is 4.91. The van der Waals surface area contributed by atoms with E-state index >= 15 is 0 Å². The van der Waals surface area contributed by atoms with Gasteiger partial charge in [-0.1, -0.05) is 23.3 Å². The van der Waals surface area contributed by atoms with Gasteiger partial charge in [-0.3, -0.25) is 10.1 Å². The van der Waals surface area contributed by atoms with Crippen molar-refractivity contribution in [3.63, 3.8) is 0 Å². The first kappa shape index (κ1) is 20.3. The van der Waals surface area contributed by atoms with E-state index in [1.54, 1.807) is 30.3 Å². The highest BCUT2D eigenvalue weighted by molar-refractivity contribution is 7.91. The van der Waals surface area contributed by atoms with E-state index < -0.39 is 15.7 Å². The number of nitrogens with one attached hydrogen (secondary N) is 1. The number of nitrogens with zero attached hydrogens (tertiary/aromatic N) is 2. The molecule has 2 aromatic carbocycles. The molecule has 0 bridgehead atoms. The Hall–Kier alpha value is -3.40. The number of carbonyl (C=O) groups is 1. The zero-order chi connectivity index (χ0) is 20.9. The van der Waals surface area contributed by atoms with Crippen LogP contribution >= 0.6 is 0 Å². The Bertz CT molecular complexity index is 1100. The van der Waals surface area contributed by atoms with Crippen molar-refractivity contribution in [1.82, 2.24) is 10.2 Å². The number of rotatable bonds is 8. The first-order chi connectivity index (χ1) is 13.9. The molecule has 3 rings (SSSR count). The van der Waals surface area contributed by atoms with E-state index in [0.29, 0.717) is 17.1 Å². The summed E-state index contributed by atoms with van der Waals surface area (Å²) in [6.45, 7) is 0. The fourth-order valence-electron chi connectivity index (χ4n) is 2.52. The van der Waals surface area contributed by atoms with Crippen LogP contribution in [0.2, 0.25) is 0 Å². The standard InChI is InChI=1S/C19H19N3O6S/c1-26-15-9-8-13(12-16(15)27-2)18(23)20-19-22-21-17(28-19)10-11-29(24,25)14-6-4-3-5-7-14/h3-9,12H,10-11H2,1-2H3,(H,20,22,23). The molecule has 0 fully saturated rings. The monoisotopic (exact) mass is 417 g/mol. The van der Waals surface area contributed by atoms with Gasteiger partial charge in [-0.25, -0.2) is 8.42 Å². The molecule has 0 unspecified atom stereocenters. The summed E-state index contributed by atoms with van der Waals surface area (Å²) in [5, 5.41) is 9.98. The van der Waals surface area contributed by atoms with E-state index in [1.165, 1.54) is 32.4 Å². The topological polar surface area (TPSA) is 121 Å². The van der Waals surface area contributed by atoms with Gasteiger partial charge in [0.1, 0.15) is 0 Å². The average molecular weight is 417 g/mol. The molecule has 1 heterocycles. The number of benzene rings is 2. The van der Waals surface area contributed by atoms with Crippen LogP contribution in [0.4, 0.5) is 6.01 Å². The van der Waals surface area contributed by atoms with Crippen LogP contribution in [0.1, 0.15) is 16.2 Å². The molecule has 0 aliphatic carbocycles. The molecule has 0 saturated carbocycles. The van der Waals surface area contributed by atoms with Gasteiger partial charge in [0.2, 0.25) is 5.89 Å². The van der Waals surface area contributed by atoms with Crippen LogP contribution in [-0.4, -0.2) is 44.5 Å². The maximum absolute atomic E-state index is 12.4. The maximum Gasteiger partial charge on any atom is 0.322 e. The van der Waals surface area contributed by atoms with E-state index in [2.05, 4.69) is 15.5 Å². The van der Waals surface area contributed by atoms with Gasteiger partial charge in [0.05, 0.1) is 24.9 Å². The minimum absolute atomic E-state index is 0.0243. The van der Waals surface area contributed by atoms with Crippen LogP contribution in [0.3, 0.4) is 0 Å². The second-order valence-corrected chi connectivity index (χ2v) is 8.02. The summed E-state index contributed by atoms with van der Waals surface area (Å²) in [6, 6.07) is 12.6. The Morgan fingerprint density at radius 1 is 1.03 bits per heavy atom. The smallest absolute Gasteiger partial charge is 0.322 e. The minimum atomic E-state index is -3.47. The summed E-state index contributed by atoms with van der Waals surface area (Å²) in [5.41, 5.74) is 0.300. The number of carbonyl (C=O) groups excluding carboxylic acids is 1. The number of aryl methyl sites for hydroxylation is 1. The van der Waals surface area contributed by atoms with Crippen molar-refractivity contribution in [1.29, 1.82) is 0 Å². The molecule has 0 aliphatic rings. The van der Waals surface area contributed by atoms with Gasteiger partial charge in [-0.2, -0.15) is 0 Å². The van der Waals surface area contributed by atoms with Crippen molar-refractivity contribution >= 4 is 21.8 Å². The summed E-state index contributed by atoms with van der Waals surface area (Å²) in [6.07, 6.45) is 0.0243. The molecule has 0 radical (unpaired) electrons. The van der Waals surface area contributed by atoms with Gasteiger partial charge in [-0.15, -0.1) is 5.10 Å². The Morgan fingerprint density at radius 3 is 2.45 bits per heavy atom. The van der Waals surface area contributed by atoms with Crippen LogP contribution in [0.25, 0.3) is 0 Å². The lowest BCUT2D eigenvalue weighted by molar-refractivity contribution is 0.102. The van der Waals surface area contributed by atoms with Crippen molar-refractivity contribution in [2.45, 2.75) is 11.3 Å². The molecule has 9 nitrogen and oxygen atoms in total. The van der Waals surface area contributed by atoms with Gasteiger partial charge >= 0.3 is 6.01 Å². The minimum Gasteiger partial charge on any atom is -0.493 e. The van der Waals surface area contributed by atoms with Crippen LogP contribution in [0.15, 0.2) is 57.8 Å². The third-order valence-corrected chi connectivity index (χ3v) is 5.75. The van der Waals surface area contributed by atoms with E-state index in [9.17, 15) is 13.2 Å². The number of methoxy groups -OCH3 is 2. The Labute approximate surface area is 167 Å². The molecular formula is C19H19N3O6S. The van der Waals surface area contributed by atoms with Gasteiger partial charge in [0.15, 0.2) is 21.3 Å². The SMILES string of the molecule is COc1ccc(C(=O)Nc2nnc(CCS(=O)(=O)c3ccccc3)o2)cc1OC. The molecule has 0 aliphatic heterocycles. The van der Waals surface area contributed by atoms with E-state index in [-0.39, 0.29) is 29.0 Å². The molecule has 0 spiro atoms. The normalized spacial score (nSPS) is 11.1. The number of hydrogen-bond donors (Lipinski definition) is 1. The Balaban J connectivity index is 1.64. The summed E-state index contributed by atoms with van der Waals surface area (Å²) in [5.74, 6) is 0.314. The summed E-state index contributed by atoms with van der Waals surface area (Å²) < 4.78 is 40.2. The van der Waals surface area contributed by atoms with Crippen molar-refractivity contribution in [2.75, 3.05) is 25.3 Å². The first-order valence-electron chi connectivity index (χ1n) is 8.56. The molecular weight excluding hydrogens is 398 g/mol. The lowest BCUT2D eigenvalue weighted by atomic mass is 10.2. The molecule has 1 aromatic heterocycles. The van der Waals surface area contributed by atoms with E-state index in [0.717, 1.165) is 0 Å². The zero-order valence-electron chi connectivity index (χ0n) is 15.8. The van der Waals surface area contributed by atoms with Crippen molar-refractivity contribution in [3.05, 3.63) is 60.0 Å². The molecule has 0 saturated heterocycles. The number of sulfone groups is 1. The van der Waals surface area contributed by atoms with Crippen molar-refractivity contribution in [3.8, 4) is 11.5 Å². The highest BCUT2D eigenvalue weighted by Gasteiger charge is 2.18.